The van der Waals surface area contributed by atoms with Crippen LogP contribution in [-0.2, 0) is 16.6 Å². The minimum Gasteiger partial charge on any atom is -0.487 e. The van der Waals surface area contributed by atoms with Crippen molar-refractivity contribution in [1.82, 2.24) is 9.55 Å². The first-order chi connectivity index (χ1) is 16.2. The number of hydrogen-bond acceptors (Lipinski definition) is 5. The van der Waals surface area contributed by atoms with Gasteiger partial charge in [0.1, 0.15) is 29.0 Å². The first-order valence-corrected chi connectivity index (χ1v) is 11.9. The van der Waals surface area contributed by atoms with Crippen LogP contribution in [0.2, 0.25) is 0 Å². The minimum absolute atomic E-state index is 0.00234. The van der Waals surface area contributed by atoms with Gasteiger partial charge in [-0.1, -0.05) is 6.92 Å². The molecule has 7 nitrogen and oxygen atoms in total. The van der Waals surface area contributed by atoms with Gasteiger partial charge in [-0.25, -0.2) is 15.4 Å². The van der Waals surface area contributed by atoms with Gasteiger partial charge in [0.05, 0.1) is 18.9 Å². The lowest BCUT2D eigenvalue weighted by atomic mass is 9.90. The standard InChI is InChI=1S/C25H31F2N3O4/c1-14(9-15(2)31)13-32-17-5-7-18(8-6-17)34-25-29-23-20(26)12-21(22(27)24(23)30(25)4)33-19-10-16(11-19)28-3/h12,14,16-19H,5-11,13H2,1-2,4H3/t14-,16?,17?,18?,19?/m1/s1. The van der Waals surface area contributed by atoms with E-state index in [4.69, 9.17) is 20.8 Å². The van der Waals surface area contributed by atoms with Gasteiger partial charge in [-0.2, -0.15) is 4.98 Å². The highest BCUT2D eigenvalue weighted by Crippen LogP contribution is 2.36. The van der Waals surface area contributed by atoms with Crippen LogP contribution in [0.3, 0.4) is 0 Å². The molecular formula is C25H31F2N3O4. The van der Waals surface area contributed by atoms with E-state index in [1.54, 1.807) is 14.0 Å². The predicted octanol–water partition coefficient (Wildman–Crippen LogP) is 5.00. The summed E-state index contributed by atoms with van der Waals surface area (Å²) in [6.07, 6.45) is 4.41. The molecule has 0 saturated heterocycles. The van der Waals surface area contributed by atoms with Gasteiger partial charge in [-0.15, -0.1) is 0 Å². The highest BCUT2D eigenvalue weighted by molar-refractivity contribution is 5.80. The van der Waals surface area contributed by atoms with Gasteiger partial charge >= 0.3 is 0 Å². The number of carbonyl (C=O) groups is 1. The Bertz CT molecular complexity index is 1080. The zero-order chi connectivity index (χ0) is 24.4. The zero-order valence-corrected chi connectivity index (χ0v) is 19.9. The average Bonchev–Trinajstić information content (AvgIpc) is 3.09. The second kappa shape index (κ2) is 10.3. The smallest absolute Gasteiger partial charge is 0.297 e. The lowest BCUT2D eigenvalue weighted by Gasteiger charge is -2.29. The Kier molecular flexibility index (Phi) is 7.36. The summed E-state index contributed by atoms with van der Waals surface area (Å²) >= 11 is 0. The molecule has 184 valence electrons. The summed E-state index contributed by atoms with van der Waals surface area (Å²) in [6, 6.07) is 1.08. The molecule has 0 N–H and O–H groups in total. The molecule has 4 rings (SSSR count). The van der Waals surface area contributed by atoms with Crippen LogP contribution < -0.4 is 9.47 Å². The molecule has 9 heteroatoms. The summed E-state index contributed by atoms with van der Waals surface area (Å²) in [5.41, 5.74) is -0.0889. The summed E-state index contributed by atoms with van der Waals surface area (Å²) in [7, 11) is 1.60. The topological polar surface area (TPSA) is 66.9 Å². The van der Waals surface area contributed by atoms with Crippen molar-refractivity contribution in [1.29, 1.82) is 0 Å². The Morgan fingerprint density at radius 3 is 2.53 bits per heavy atom. The predicted molar refractivity (Wildman–Crippen MR) is 122 cm³/mol. The maximum atomic E-state index is 15.2. The molecule has 1 atom stereocenters. The number of Topliss-reactive ketones (excluding diaryl/α,β-unsaturated/α-hetero) is 1. The second-order valence-electron chi connectivity index (χ2n) is 9.68. The van der Waals surface area contributed by atoms with Gasteiger partial charge in [0, 0.05) is 26.1 Å². The molecule has 2 aliphatic rings. The number of hydrogen-bond donors (Lipinski definition) is 0. The summed E-state index contributed by atoms with van der Waals surface area (Å²) in [5.74, 6) is -1.15. The summed E-state index contributed by atoms with van der Waals surface area (Å²) in [5, 5.41) is 0. The molecule has 0 spiro atoms. The molecule has 2 aliphatic carbocycles. The van der Waals surface area contributed by atoms with E-state index in [-0.39, 0.29) is 58.8 Å². The SMILES string of the molecule is [C-]#[N+]C1CC(Oc2cc(F)c3nc(OC4CCC(OC[C@H](C)CC(C)=O)CC4)n(C)c3c2F)C1. The third kappa shape index (κ3) is 5.33. The number of aromatic nitrogens is 2. The highest BCUT2D eigenvalue weighted by atomic mass is 19.1. The Hall–Kier alpha value is -2.73. The van der Waals surface area contributed by atoms with Gasteiger partial charge in [-0.05, 0) is 38.5 Å². The minimum atomic E-state index is -0.677. The second-order valence-corrected chi connectivity index (χ2v) is 9.68. The van der Waals surface area contributed by atoms with E-state index in [1.165, 1.54) is 4.57 Å². The Morgan fingerprint density at radius 1 is 1.21 bits per heavy atom. The van der Waals surface area contributed by atoms with Crippen LogP contribution in [0.25, 0.3) is 15.9 Å². The van der Waals surface area contributed by atoms with Crippen molar-refractivity contribution in [2.24, 2.45) is 13.0 Å². The van der Waals surface area contributed by atoms with Crippen LogP contribution in [0.15, 0.2) is 6.07 Å². The molecule has 2 fully saturated rings. The van der Waals surface area contributed by atoms with Crippen LogP contribution in [0.1, 0.15) is 58.8 Å². The van der Waals surface area contributed by atoms with E-state index in [2.05, 4.69) is 9.83 Å². The van der Waals surface area contributed by atoms with E-state index in [9.17, 15) is 9.18 Å². The number of ketones is 1. The van der Waals surface area contributed by atoms with Crippen LogP contribution in [0, 0.1) is 24.1 Å². The third-order valence-corrected chi connectivity index (χ3v) is 6.65. The molecule has 0 amide bonds. The highest BCUT2D eigenvalue weighted by Gasteiger charge is 2.37. The van der Waals surface area contributed by atoms with Crippen molar-refractivity contribution >= 4 is 16.8 Å². The quantitative estimate of drug-likeness (QED) is 0.478. The molecule has 2 saturated carbocycles. The van der Waals surface area contributed by atoms with Crippen molar-refractivity contribution in [3.8, 4) is 11.8 Å². The molecule has 0 aliphatic heterocycles. The van der Waals surface area contributed by atoms with Crippen LogP contribution >= 0.6 is 0 Å². The van der Waals surface area contributed by atoms with Gasteiger partial charge in [0.15, 0.2) is 17.4 Å². The van der Waals surface area contributed by atoms with Gasteiger partial charge in [0.25, 0.3) is 6.01 Å². The van der Waals surface area contributed by atoms with Crippen molar-refractivity contribution < 1.29 is 27.8 Å². The molecule has 0 unspecified atom stereocenters. The molecule has 0 radical (unpaired) electrons. The van der Waals surface area contributed by atoms with Crippen molar-refractivity contribution in [2.75, 3.05) is 6.61 Å². The number of carbonyl (C=O) groups excluding carboxylic acids is 1. The maximum Gasteiger partial charge on any atom is 0.297 e. The first-order valence-electron chi connectivity index (χ1n) is 11.9. The maximum absolute atomic E-state index is 15.2. The van der Waals surface area contributed by atoms with Crippen LogP contribution in [-0.4, -0.2) is 46.3 Å². The number of aryl methyl sites for hydroxylation is 1. The number of halogens is 2. The Morgan fingerprint density at radius 2 is 1.88 bits per heavy atom. The van der Waals surface area contributed by atoms with E-state index in [1.807, 2.05) is 6.92 Å². The summed E-state index contributed by atoms with van der Waals surface area (Å²) in [6.45, 7) is 11.2. The molecule has 1 aromatic carbocycles. The Balaban J connectivity index is 1.37. The average molecular weight is 476 g/mol. The monoisotopic (exact) mass is 475 g/mol. The first kappa shape index (κ1) is 24.4. The number of benzene rings is 1. The number of ether oxygens (including phenoxy) is 3. The zero-order valence-electron chi connectivity index (χ0n) is 19.9. The van der Waals surface area contributed by atoms with Crippen molar-refractivity contribution in [3.63, 3.8) is 0 Å². The molecular weight excluding hydrogens is 444 g/mol. The van der Waals surface area contributed by atoms with Gasteiger partial charge < -0.3 is 23.9 Å². The third-order valence-electron chi connectivity index (χ3n) is 6.65. The number of fused-ring (bicyclic) bond motifs is 1. The molecule has 2 aromatic rings. The lowest BCUT2D eigenvalue weighted by molar-refractivity contribution is -0.118. The van der Waals surface area contributed by atoms with Crippen LogP contribution in [0.4, 0.5) is 8.78 Å². The van der Waals surface area contributed by atoms with Gasteiger partial charge in [0.2, 0.25) is 6.04 Å². The Labute approximate surface area is 198 Å². The molecule has 1 heterocycles. The summed E-state index contributed by atoms with van der Waals surface area (Å²) < 4.78 is 48.9. The van der Waals surface area contributed by atoms with E-state index >= 15 is 4.39 Å². The molecule has 0 bridgehead atoms. The van der Waals surface area contributed by atoms with E-state index < -0.39 is 11.6 Å². The number of rotatable bonds is 9. The largest absolute Gasteiger partial charge is 0.487 e. The fourth-order valence-electron chi connectivity index (χ4n) is 4.69. The lowest BCUT2D eigenvalue weighted by Crippen LogP contribution is -2.35. The number of nitrogens with zero attached hydrogens (tertiary/aromatic N) is 3. The van der Waals surface area contributed by atoms with E-state index in [0.717, 1.165) is 31.7 Å². The van der Waals surface area contributed by atoms with E-state index in [0.29, 0.717) is 25.9 Å². The fourth-order valence-corrected chi connectivity index (χ4v) is 4.69. The molecule has 1 aromatic heterocycles. The normalized spacial score (nSPS) is 25.4. The van der Waals surface area contributed by atoms with Crippen molar-refractivity contribution in [3.05, 3.63) is 29.1 Å². The van der Waals surface area contributed by atoms with Gasteiger partial charge in [-0.3, -0.25) is 4.57 Å². The fraction of sp³-hybridized carbons (Fsp3) is 0.640. The summed E-state index contributed by atoms with van der Waals surface area (Å²) in [4.78, 5) is 18.9. The molecule has 34 heavy (non-hydrogen) atoms. The van der Waals surface area contributed by atoms with Crippen LogP contribution in [0.5, 0.6) is 11.8 Å². The van der Waals surface area contributed by atoms with Crippen molar-refractivity contribution in [2.45, 2.75) is 83.1 Å². The number of imidazole rings is 1.